The van der Waals surface area contributed by atoms with Crippen LogP contribution in [0.3, 0.4) is 0 Å². The molecule has 1 aliphatic heterocycles. The van der Waals surface area contributed by atoms with Crippen LogP contribution in [0.4, 0.5) is 0 Å². The molecule has 1 aliphatic rings. The lowest BCUT2D eigenvalue weighted by molar-refractivity contribution is -0.126. The third kappa shape index (κ3) is 5.63. The molecule has 0 aromatic heterocycles. The smallest absolute Gasteiger partial charge is 0.239 e. The highest BCUT2D eigenvalue weighted by Gasteiger charge is 2.20. The molecule has 1 atom stereocenters. The number of nitrogens with one attached hydrogen (secondary N) is 2. The maximum Gasteiger partial charge on any atom is 0.239 e. The molecule has 5 nitrogen and oxygen atoms in total. The van der Waals surface area contributed by atoms with Crippen LogP contribution in [-0.4, -0.2) is 38.3 Å². The molecule has 1 aromatic rings. The molecule has 1 amide bonds. The fraction of sp³-hybridized carbons (Fsp3) is 0.533. The summed E-state index contributed by atoms with van der Waals surface area (Å²) in [6, 6.07) is 7.75. The van der Waals surface area contributed by atoms with Crippen molar-refractivity contribution in [3.05, 3.63) is 35.4 Å². The van der Waals surface area contributed by atoms with Crippen molar-refractivity contribution in [2.24, 2.45) is 0 Å². The Labute approximate surface area is 131 Å². The molecule has 0 radical (unpaired) electrons. The van der Waals surface area contributed by atoms with E-state index in [0.29, 0.717) is 33.0 Å². The van der Waals surface area contributed by atoms with Crippen LogP contribution in [0.15, 0.2) is 24.3 Å². The second-order valence-corrected chi connectivity index (χ2v) is 4.71. The number of rotatable bonds is 6. The number of carbonyl (C=O) groups excluding carboxylic acids is 1. The van der Waals surface area contributed by atoms with Crippen LogP contribution in [0.2, 0.25) is 0 Å². The molecule has 0 bridgehead atoms. The Morgan fingerprint density at radius 2 is 2.19 bits per heavy atom. The van der Waals surface area contributed by atoms with Crippen LogP contribution in [0.5, 0.6) is 0 Å². The zero-order chi connectivity index (χ0) is 14.2. The fourth-order valence-electron chi connectivity index (χ4n) is 2.12. The van der Waals surface area contributed by atoms with E-state index in [2.05, 4.69) is 10.6 Å². The van der Waals surface area contributed by atoms with Crippen molar-refractivity contribution in [1.29, 1.82) is 0 Å². The van der Waals surface area contributed by atoms with Crippen molar-refractivity contribution in [3.63, 3.8) is 0 Å². The van der Waals surface area contributed by atoms with Crippen LogP contribution in [0, 0.1) is 0 Å². The van der Waals surface area contributed by atoms with Crippen molar-refractivity contribution >= 4 is 18.3 Å². The molecule has 6 heteroatoms. The molecule has 1 heterocycles. The van der Waals surface area contributed by atoms with E-state index in [4.69, 9.17) is 9.47 Å². The van der Waals surface area contributed by atoms with Gasteiger partial charge in [0, 0.05) is 19.7 Å². The normalized spacial score (nSPS) is 17.9. The van der Waals surface area contributed by atoms with Crippen molar-refractivity contribution in [3.8, 4) is 0 Å². The predicted octanol–water partition coefficient (Wildman–Crippen LogP) is 1.25. The first kappa shape index (κ1) is 17.9. The molecule has 118 valence electrons. The highest BCUT2D eigenvalue weighted by atomic mass is 35.5. The van der Waals surface area contributed by atoms with E-state index in [9.17, 15) is 4.79 Å². The summed E-state index contributed by atoms with van der Waals surface area (Å²) in [5, 5.41) is 6.09. The quantitative estimate of drug-likeness (QED) is 0.829. The topological polar surface area (TPSA) is 59.6 Å². The Morgan fingerprint density at radius 3 is 2.86 bits per heavy atom. The molecular weight excluding hydrogens is 292 g/mol. The van der Waals surface area contributed by atoms with Crippen LogP contribution >= 0.6 is 12.4 Å². The minimum Gasteiger partial charge on any atom is -0.378 e. The van der Waals surface area contributed by atoms with Gasteiger partial charge in [-0.1, -0.05) is 24.3 Å². The molecule has 21 heavy (non-hydrogen) atoms. The minimum atomic E-state index is -0.247. The minimum absolute atomic E-state index is 0. The van der Waals surface area contributed by atoms with E-state index in [1.807, 2.05) is 31.2 Å². The van der Waals surface area contributed by atoms with Crippen LogP contribution in [0.25, 0.3) is 0 Å². The molecule has 0 spiro atoms. The van der Waals surface area contributed by atoms with Gasteiger partial charge >= 0.3 is 0 Å². The highest BCUT2D eigenvalue weighted by Crippen LogP contribution is 2.10. The maximum atomic E-state index is 12.0. The van der Waals surface area contributed by atoms with Gasteiger partial charge in [-0.2, -0.15) is 0 Å². The Balaban J connectivity index is 0.00000220. The van der Waals surface area contributed by atoms with E-state index in [1.54, 1.807) is 0 Å². The first-order valence-corrected chi connectivity index (χ1v) is 7.04. The number of halogens is 1. The Hall–Kier alpha value is -1.14. The standard InChI is InChI=1S/C15H22N2O3.ClH/c1-2-19-10-13-6-4-3-5-12(13)9-17-15(18)14-11-20-8-7-16-14;/h3-6,14,16H,2,7-11H2,1H3,(H,17,18);1H. The van der Waals surface area contributed by atoms with E-state index < -0.39 is 0 Å². The third-order valence-electron chi connectivity index (χ3n) is 3.27. The number of benzene rings is 1. The average molecular weight is 315 g/mol. The summed E-state index contributed by atoms with van der Waals surface area (Å²) in [6.07, 6.45) is 0. The number of ether oxygens (including phenoxy) is 2. The van der Waals surface area contributed by atoms with Gasteiger partial charge in [0.05, 0.1) is 19.8 Å². The summed E-state index contributed by atoms with van der Waals surface area (Å²) in [5.74, 6) is -0.0177. The molecule has 1 unspecified atom stereocenters. The lowest BCUT2D eigenvalue weighted by Crippen LogP contribution is -2.51. The summed E-state index contributed by atoms with van der Waals surface area (Å²) in [6.45, 7) is 5.57. The Kier molecular flexibility index (Phi) is 8.30. The SMILES string of the molecule is CCOCc1ccccc1CNC(=O)C1COCCN1.Cl. The Morgan fingerprint density at radius 1 is 1.43 bits per heavy atom. The number of morpholine rings is 1. The van der Waals surface area contributed by atoms with Gasteiger partial charge in [0.25, 0.3) is 0 Å². The summed E-state index contributed by atoms with van der Waals surface area (Å²) in [4.78, 5) is 12.0. The number of hydrogen-bond acceptors (Lipinski definition) is 4. The van der Waals surface area contributed by atoms with E-state index >= 15 is 0 Å². The van der Waals surface area contributed by atoms with E-state index in [-0.39, 0.29) is 24.4 Å². The van der Waals surface area contributed by atoms with Crippen LogP contribution < -0.4 is 10.6 Å². The van der Waals surface area contributed by atoms with Crippen molar-refractivity contribution in [1.82, 2.24) is 10.6 Å². The zero-order valence-corrected chi connectivity index (χ0v) is 13.1. The van der Waals surface area contributed by atoms with Crippen LogP contribution in [0.1, 0.15) is 18.1 Å². The average Bonchev–Trinajstić information content (AvgIpc) is 2.52. The van der Waals surface area contributed by atoms with Crippen molar-refractivity contribution in [2.45, 2.75) is 26.1 Å². The van der Waals surface area contributed by atoms with Crippen LogP contribution in [-0.2, 0) is 27.4 Å². The van der Waals surface area contributed by atoms with Gasteiger partial charge in [-0.15, -0.1) is 12.4 Å². The lowest BCUT2D eigenvalue weighted by atomic mass is 10.1. The molecule has 0 saturated carbocycles. The number of amides is 1. The fourth-order valence-corrected chi connectivity index (χ4v) is 2.12. The van der Waals surface area contributed by atoms with E-state index in [1.165, 1.54) is 0 Å². The van der Waals surface area contributed by atoms with Gasteiger partial charge in [-0.05, 0) is 18.1 Å². The van der Waals surface area contributed by atoms with Gasteiger partial charge in [-0.3, -0.25) is 4.79 Å². The monoisotopic (exact) mass is 314 g/mol. The Bertz CT molecular complexity index is 437. The zero-order valence-electron chi connectivity index (χ0n) is 12.3. The van der Waals surface area contributed by atoms with Gasteiger partial charge in [0.15, 0.2) is 0 Å². The maximum absolute atomic E-state index is 12.0. The lowest BCUT2D eigenvalue weighted by Gasteiger charge is -2.23. The first-order chi connectivity index (χ1) is 9.81. The van der Waals surface area contributed by atoms with Gasteiger partial charge in [0.2, 0.25) is 5.91 Å². The van der Waals surface area contributed by atoms with Gasteiger partial charge in [0.1, 0.15) is 6.04 Å². The van der Waals surface area contributed by atoms with Crippen molar-refractivity contribution in [2.75, 3.05) is 26.4 Å². The molecule has 1 saturated heterocycles. The van der Waals surface area contributed by atoms with Gasteiger partial charge in [-0.25, -0.2) is 0 Å². The molecule has 1 fully saturated rings. The number of hydrogen-bond donors (Lipinski definition) is 2. The molecule has 2 N–H and O–H groups in total. The van der Waals surface area contributed by atoms with E-state index in [0.717, 1.165) is 17.7 Å². The number of carbonyl (C=O) groups is 1. The molecular formula is C15H23ClN2O3. The summed E-state index contributed by atoms with van der Waals surface area (Å²) >= 11 is 0. The largest absolute Gasteiger partial charge is 0.378 e. The molecule has 0 aliphatic carbocycles. The highest BCUT2D eigenvalue weighted by molar-refractivity contribution is 5.85. The van der Waals surface area contributed by atoms with Gasteiger partial charge < -0.3 is 20.1 Å². The third-order valence-corrected chi connectivity index (χ3v) is 3.27. The summed E-state index contributed by atoms with van der Waals surface area (Å²) in [7, 11) is 0. The second-order valence-electron chi connectivity index (χ2n) is 4.71. The molecule has 2 rings (SSSR count). The second kappa shape index (κ2) is 9.73. The first-order valence-electron chi connectivity index (χ1n) is 7.04. The summed E-state index contributed by atoms with van der Waals surface area (Å²) in [5.41, 5.74) is 2.20. The predicted molar refractivity (Wildman–Crippen MR) is 83.5 cm³/mol. The van der Waals surface area contributed by atoms with Crippen molar-refractivity contribution < 1.29 is 14.3 Å². The molecule has 1 aromatic carbocycles. The summed E-state index contributed by atoms with van der Waals surface area (Å²) < 4.78 is 10.7.